The summed E-state index contributed by atoms with van der Waals surface area (Å²) in [5, 5.41) is 6.77. The van der Waals surface area contributed by atoms with Gasteiger partial charge in [0.2, 0.25) is 0 Å². The van der Waals surface area contributed by atoms with Crippen LogP contribution < -0.4 is 10.6 Å². The molecule has 124 valence electrons. The van der Waals surface area contributed by atoms with Crippen molar-refractivity contribution in [1.82, 2.24) is 15.5 Å². The highest BCUT2D eigenvalue weighted by Crippen LogP contribution is 2.14. The van der Waals surface area contributed by atoms with Crippen molar-refractivity contribution >= 4 is 5.96 Å². The van der Waals surface area contributed by atoms with Crippen molar-refractivity contribution < 1.29 is 0 Å². The lowest BCUT2D eigenvalue weighted by Gasteiger charge is -2.22. The Bertz CT molecular complexity index is 451. The fourth-order valence-electron chi connectivity index (χ4n) is 2.09. The van der Waals surface area contributed by atoms with Crippen LogP contribution in [0.25, 0.3) is 0 Å². The molecule has 4 heteroatoms. The number of aryl methyl sites for hydroxylation is 1. The van der Waals surface area contributed by atoms with Crippen molar-refractivity contribution in [3.63, 3.8) is 0 Å². The summed E-state index contributed by atoms with van der Waals surface area (Å²) < 4.78 is 0. The second kappa shape index (κ2) is 9.46. The van der Waals surface area contributed by atoms with E-state index in [1.54, 1.807) is 0 Å². The fourth-order valence-corrected chi connectivity index (χ4v) is 2.09. The number of nitrogens with zero attached hydrogens (tertiary/aromatic N) is 2. The Balaban J connectivity index is 2.36. The molecule has 4 nitrogen and oxygen atoms in total. The number of benzene rings is 1. The standard InChI is InChI=1S/C18H32N4/c1-14(2)22(6)12-11-20-18(19-5)21-13-16(4)17-9-7-15(3)8-10-17/h7-10,14,16H,11-13H2,1-6H3,(H2,19,20,21). The second-order valence-electron chi connectivity index (χ2n) is 6.27. The monoisotopic (exact) mass is 304 g/mol. The summed E-state index contributed by atoms with van der Waals surface area (Å²) in [6, 6.07) is 9.31. The van der Waals surface area contributed by atoms with Gasteiger partial charge in [-0.25, -0.2) is 0 Å². The van der Waals surface area contributed by atoms with Crippen LogP contribution in [-0.2, 0) is 0 Å². The topological polar surface area (TPSA) is 39.7 Å². The number of hydrogen-bond acceptors (Lipinski definition) is 2. The van der Waals surface area contributed by atoms with Crippen LogP contribution in [-0.4, -0.2) is 50.6 Å². The van der Waals surface area contributed by atoms with E-state index >= 15 is 0 Å². The SMILES string of the molecule is CN=C(NCCN(C)C(C)C)NCC(C)c1ccc(C)cc1. The summed E-state index contributed by atoms with van der Waals surface area (Å²) in [5.41, 5.74) is 2.66. The average molecular weight is 304 g/mol. The molecule has 0 aromatic heterocycles. The van der Waals surface area contributed by atoms with Crippen molar-refractivity contribution in [2.75, 3.05) is 33.7 Å². The van der Waals surface area contributed by atoms with E-state index in [1.165, 1.54) is 11.1 Å². The summed E-state index contributed by atoms with van der Waals surface area (Å²) in [4.78, 5) is 6.60. The minimum atomic E-state index is 0.456. The van der Waals surface area contributed by atoms with Gasteiger partial charge in [0.1, 0.15) is 0 Å². The highest BCUT2D eigenvalue weighted by Gasteiger charge is 2.07. The number of aliphatic imine (C=N–C) groups is 1. The Morgan fingerprint density at radius 1 is 1.14 bits per heavy atom. The lowest BCUT2D eigenvalue weighted by atomic mass is 10.0. The molecule has 0 fully saturated rings. The first kappa shape index (κ1) is 18.5. The van der Waals surface area contributed by atoms with E-state index in [-0.39, 0.29) is 0 Å². The second-order valence-corrected chi connectivity index (χ2v) is 6.27. The maximum Gasteiger partial charge on any atom is 0.191 e. The summed E-state index contributed by atoms with van der Waals surface area (Å²) >= 11 is 0. The van der Waals surface area contributed by atoms with Crippen molar-refractivity contribution in [2.45, 2.75) is 39.7 Å². The largest absolute Gasteiger partial charge is 0.356 e. The van der Waals surface area contributed by atoms with Gasteiger partial charge in [0.15, 0.2) is 5.96 Å². The predicted octanol–water partition coefficient (Wildman–Crippen LogP) is 2.60. The average Bonchev–Trinajstić information content (AvgIpc) is 2.50. The van der Waals surface area contributed by atoms with Gasteiger partial charge in [0.25, 0.3) is 0 Å². The Morgan fingerprint density at radius 3 is 2.32 bits per heavy atom. The number of rotatable bonds is 7. The number of hydrogen-bond donors (Lipinski definition) is 2. The molecule has 0 radical (unpaired) electrons. The van der Waals surface area contributed by atoms with E-state index in [4.69, 9.17) is 0 Å². The van der Waals surface area contributed by atoms with Crippen molar-refractivity contribution in [1.29, 1.82) is 0 Å². The van der Waals surface area contributed by atoms with Gasteiger partial charge in [-0.1, -0.05) is 36.8 Å². The minimum Gasteiger partial charge on any atom is -0.356 e. The molecule has 0 aliphatic rings. The van der Waals surface area contributed by atoms with Crippen LogP contribution in [0.3, 0.4) is 0 Å². The first-order valence-electron chi connectivity index (χ1n) is 8.15. The molecule has 0 aliphatic carbocycles. The third kappa shape index (κ3) is 6.48. The van der Waals surface area contributed by atoms with E-state index in [2.05, 4.69) is 79.5 Å². The molecule has 1 rings (SSSR count). The van der Waals surface area contributed by atoms with Gasteiger partial charge in [0.05, 0.1) is 0 Å². The van der Waals surface area contributed by atoms with Crippen molar-refractivity contribution in [2.24, 2.45) is 4.99 Å². The van der Waals surface area contributed by atoms with Gasteiger partial charge in [-0.15, -0.1) is 0 Å². The van der Waals surface area contributed by atoms with Crippen LogP contribution in [0.15, 0.2) is 29.3 Å². The lowest BCUT2D eigenvalue weighted by molar-refractivity contribution is 0.278. The molecule has 0 saturated heterocycles. The molecule has 1 unspecified atom stereocenters. The highest BCUT2D eigenvalue weighted by molar-refractivity contribution is 5.79. The first-order valence-corrected chi connectivity index (χ1v) is 8.15. The molecule has 0 heterocycles. The fraction of sp³-hybridized carbons (Fsp3) is 0.611. The Hall–Kier alpha value is -1.55. The van der Waals surface area contributed by atoms with Gasteiger partial charge in [0, 0.05) is 32.7 Å². The number of guanidine groups is 1. The van der Waals surface area contributed by atoms with Gasteiger partial charge in [-0.3, -0.25) is 4.99 Å². The molecule has 22 heavy (non-hydrogen) atoms. The molecule has 1 aromatic rings. The molecule has 0 bridgehead atoms. The zero-order valence-electron chi connectivity index (χ0n) is 15.0. The summed E-state index contributed by atoms with van der Waals surface area (Å²) in [6.45, 7) is 11.5. The molecular weight excluding hydrogens is 272 g/mol. The highest BCUT2D eigenvalue weighted by atomic mass is 15.2. The van der Waals surface area contributed by atoms with Crippen LogP contribution >= 0.6 is 0 Å². The molecular formula is C18H32N4. The van der Waals surface area contributed by atoms with Gasteiger partial charge in [-0.05, 0) is 39.3 Å². The molecule has 1 atom stereocenters. The predicted molar refractivity (Wildman–Crippen MR) is 96.7 cm³/mol. The summed E-state index contributed by atoms with van der Waals surface area (Å²) in [7, 11) is 3.96. The van der Waals surface area contributed by atoms with E-state index in [9.17, 15) is 0 Å². The molecule has 2 N–H and O–H groups in total. The first-order chi connectivity index (χ1) is 10.4. The summed E-state index contributed by atoms with van der Waals surface area (Å²) in [6.07, 6.45) is 0. The smallest absolute Gasteiger partial charge is 0.191 e. The van der Waals surface area contributed by atoms with E-state index in [0.29, 0.717) is 12.0 Å². The van der Waals surface area contributed by atoms with Gasteiger partial charge >= 0.3 is 0 Å². The molecule has 1 aromatic carbocycles. The number of likely N-dealkylation sites (N-methyl/N-ethyl adjacent to an activating group) is 1. The van der Waals surface area contributed by atoms with Crippen LogP contribution in [0.2, 0.25) is 0 Å². The maximum absolute atomic E-state index is 4.29. The van der Waals surface area contributed by atoms with E-state index in [1.807, 2.05) is 7.05 Å². The summed E-state index contributed by atoms with van der Waals surface area (Å²) in [5.74, 6) is 1.33. The molecule has 0 amide bonds. The Kier molecular flexibility index (Phi) is 7.96. The lowest BCUT2D eigenvalue weighted by Crippen LogP contribution is -2.43. The van der Waals surface area contributed by atoms with Gasteiger partial charge < -0.3 is 15.5 Å². The zero-order valence-corrected chi connectivity index (χ0v) is 15.0. The van der Waals surface area contributed by atoms with Crippen LogP contribution in [0.4, 0.5) is 0 Å². The van der Waals surface area contributed by atoms with E-state index < -0.39 is 0 Å². The van der Waals surface area contributed by atoms with Crippen LogP contribution in [0.1, 0.15) is 37.8 Å². The minimum absolute atomic E-state index is 0.456. The third-order valence-corrected chi connectivity index (χ3v) is 4.08. The zero-order chi connectivity index (χ0) is 16.5. The maximum atomic E-state index is 4.29. The molecule has 0 saturated carbocycles. The van der Waals surface area contributed by atoms with Gasteiger partial charge in [-0.2, -0.15) is 0 Å². The van der Waals surface area contributed by atoms with E-state index in [0.717, 1.165) is 25.6 Å². The van der Waals surface area contributed by atoms with Crippen molar-refractivity contribution in [3.05, 3.63) is 35.4 Å². The molecule has 0 spiro atoms. The van der Waals surface area contributed by atoms with Crippen LogP contribution in [0.5, 0.6) is 0 Å². The third-order valence-electron chi connectivity index (χ3n) is 4.08. The normalized spacial score (nSPS) is 13.5. The Morgan fingerprint density at radius 2 is 1.77 bits per heavy atom. The number of nitrogens with one attached hydrogen (secondary N) is 2. The van der Waals surface area contributed by atoms with Crippen molar-refractivity contribution in [3.8, 4) is 0 Å². The van der Waals surface area contributed by atoms with Crippen LogP contribution in [0, 0.1) is 6.92 Å². The quantitative estimate of drug-likeness (QED) is 0.601. The molecule has 0 aliphatic heterocycles. The Labute approximate surface area is 136 Å².